The largest absolute Gasteiger partial charge is 0.497 e. The number of hydrogen-bond acceptors (Lipinski definition) is 13. The van der Waals surface area contributed by atoms with E-state index in [0.717, 1.165) is 16.7 Å². The number of nitrogens with zero attached hydrogens (tertiary/aromatic N) is 5. The normalized spacial score (nSPS) is 20.3. The van der Waals surface area contributed by atoms with Crippen LogP contribution in [-0.4, -0.2) is 107 Å². The van der Waals surface area contributed by atoms with Gasteiger partial charge in [0.25, 0.3) is 0 Å². The number of hydrazine groups is 1. The van der Waals surface area contributed by atoms with Crippen molar-refractivity contribution in [3.05, 3.63) is 59.7 Å². The number of nitrogens with one attached hydrogen (secondary N) is 2. The van der Waals surface area contributed by atoms with Gasteiger partial charge in [0, 0.05) is 18.7 Å². The second kappa shape index (κ2) is 16.6. The van der Waals surface area contributed by atoms with Crippen LogP contribution in [0.1, 0.15) is 38.3 Å². The van der Waals surface area contributed by atoms with Crippen LogP contribution >= 0.6 is 0 Å². The molecular weight excluding hydrogens is 662 g/mol. The van der Waals surface area contributed by atoms with E-state index < -0.39 is 53.8 Å². The lowest BCUT2D eigenvalue weighted by Gasteiger charge is -2.33. The summed E-state index contributed by atoms with van der Waals surface area (Å²) in [5, 5.41) is 28.4. The Kier molecular flexibility index (Phi) is 12.2. The maximum atomic E-state index is 13.7. The molecule has 51 heavy (non-hydrogen) atoms. The van der Waals surface area contributed by atoms with Crippen molar-refractivity contribution in [1.29, 1.82) is 0 Å². The summed E-state index contributed by atoms with van der Waals surface area (Å²) in [6.45, 7) is 6.08. The highest BCUT2D eigenvalue weighted by molar-refractivity contribution is 5.98. The number of carbonyl (C=O) groups excluding carboxylic acids is 3. The third-order valence-electron chi connectivity index (χ3n) is 8.97. The Morgan fingerprint density at radius 3 is 2.39 bits per heavy atom. The molecule has 2 fully saturated rings. The first-order valence-corrected chi connectivity index (χ1v) is 16.8. The molecule has 5 rings (SSSR count). The number of aliphatic hydroxyl groups is 1. The lowest BCUT2D eigenvalue weighted by Crippen LogP contribution is -2.55. The molecule has 2 aliphatic heterocycles. The number of benzene rings is 2. The van der Waals surface area contributed by atoms with Crippen LogP contribution in [0.5, 0.6) is 5.75 Å². The van der Waals surface area contributed by atoms with Crippen molar-refractivity contribution >= 4 is 18.0 Å². The zero-order valence-electron chi connectivity index (χ0n) is 29.8. The smallest absolute Gasteiger partial charge is 0.422 e. The Morgan fingerprint density at radius 1 is 1.06 bits per heavy atom. The number of aryl methyl sites for hydroxylation is 1. The predicted molar refractivity (Wildman–Crippen MR) is 181 cm³/mol. The predicted octanol–water partition coefficient (Wildman–Crippen LogP) is 2.01. The molecule has 2 aliphatic rings. The van der Waals surface area contributed by atoms with Crippen molar-refractivity contribution in [1.82, 2.24) is 36.0 Å². The van der Waals surface area contributed by atoms with E-state index in [1.807, 2.05) is 36.4 Å². The van der Waals surface area contributed by atoms with Crippen molar-refractivity contribution in [2.75, 3.05) is 34.0 Å². The molecule has 0 radical (unpaired) electrons. The lowest BCUT2D eigenvalue weighted by molar-refractivity contribution is -0.155. The molecule has 3 aromatic rings. The number of carbonyl (C=O) groups is 3. The second-order valence-corrected chi connectivity index (χ2v) is 13.8. The van der Waals surface area contributed by atoms with E-state index in [1.165, 1.54) is 16.9 Å². The fraction of sp³-hybridized carbons (Fsp3) is 0.543. The molecule has 16 heteroatoms. The van der Waals surface area contributed by atoms with Gasteiger partial charge in [0.15, 0.2) is 6.29 Å². The van der Waals surface area contributed by atoms with Gasteiger partial charge in [-0.25, -0.2) is 9.80 Å². The van der Waals surface area contributed by atoms with E-state index in [1.54, 1.807) is 47.1 Å². The van der Waals surface area contributed by atoms with Gasteiger partial charge in [-0.05, 0) is 46.7 Å². The minimum atomic E-state index is -1.24. The first-order chi connectivity index (χ1) is 24.3. The minimum Gasteiger partial charge on any atom is -0.497 e. The summed E-state index contributed by atoms with van der Waals surface area (Å²) in [5.41, 5.74) is 4.35. The number of fused-ring (bicyclic) bond motifs is 1. The molecule has 6 unspecified atom stereocenters. The third kappa shape index (κ3) is 9.78. The maximum Gasteiger partial charge on any atom is 0.422 e. The van der Waals surface area contributed by atoms with Crippen molar-refractivity contribution in [3.8, 4) is 17.1 Å². The van der Waals surface area contributed by atoms with E-state index in [-0.39, 0.29) is 32.0 Å². The molecule has 0 saturated carbocycles. The van der Waals surface area contributed by atoms with Crippen molar-refractivity contribution in [2.24, 2.45) is 24.3 Å². The number of hydrogen-bond donors (Lipinski definition) is 3. The molecular formula is C35H47N7O9. The topological polar surface area (TPSA) is 188 Å². The number of esters is 1. The summed E-state index contributed by atoms with van der Waals surface area (Å²) >= 11 is 0. The van der Waals surface area contributed by atoms with Gasteiger partial charge in [-0.3, -0.25) is 15.0 Å². The summed E-state index contributed by atoms with van der Waals surface area (Å²) in [4.78, 5) is 41.1. The lowest BCUT2D eigenvalue weighted by atomic mass is 9.80. The standard InChI is InChI=1S/C35H47N7O9/c1-35(2,3)29(32(45)48-6)31(44)36-26(17-21-9-13-24(47-5)14-10-21)27(43)19-42(39-34(46)51-28-20-50-33-25(28)15-16-49-33)18-22-7-11-23(12-8-22)30-37-40-41(4)38-30/h7-14,25-29,33,43H,15-20H2,1-6H3,(H,36,44)(H,39,46). The Hall–Kier alpha value is -4.64. The minimum absolute atomic E-state index is 0.0632. The summed E-state index contributed by atoms with van der Waals surface area (Å²) in [5.74, 6) is -1.37. The van der Waals surface area contributed by atoms with E-state index in [9.17, 15) is 19.5 Å². The van der Waals surface area contributed by atoms with Crippen LogP contribution in [0.15, 0.2) is 48.5 Å². The number of tetrazole rings is 1. The number of rotatable bonds is 14. The first kappa shape index (κ1) is 37.6. The van der Waals surface area contributed by atoms with Crippen LogP contribution in [0.4, 0.5) is 4.79 Å². The van der Waals surface area contributed by atoms with Gasteiger partial charge < -0.3 is 34.1 Å². The maximum absolute atomic E-state index is 13.7. The van der Waals surface area contributed by atoms with Crippen LogP contribution in [0.25, 0.3) is 11.4 Å². The van der Waals surface area contributed by atoms with Gasteiger partial charge in [0.1, 0.15) is 17.8 Å². The highest BCUT2D eigenvalue weighted by atomic mass is 16.7. The highest BCUT2D eigenvalue weighted by Gasteiger charge is 2.44. The molecule has 2 aromatic carbocycles. The number of aromatic nitrogens is 4. The molecule has 16 nitrogen and oxygen atoms in total. The average molecular weight is 710 g/mol. The Balaban J connectivity index is 1.37. The van der Waals surface area contributed by atoms with Crippen LogP contribution < -0.4 is 15.5 Å². The van der Waals surface area contributed by atoms with Gasteiger partial charge in [0.2, 0.25) is 11.7 Å². The van der Waals surface area contributed by atoms with Gasteiger partial charge >= 0.3 is 12.1 Å². The zero-order chi connectivity index (χ0) is 36.7. The van der Waals surface area contributed by atoms with E-state index in [4.69, 9.17) is 23.7 Å². The SMILES string of the molecule is COC(=O)C(C(=O)NC(Cc1ccc(OC)cc1)C(O)CN(Cc1ccc(-c2nnn(C)n2)cc1)NC(=O)OC1COC2OCCC12)C(C)(C)C. The van der Waals surface area contributed by atoms with Gasteiger partial charge in [-0.15, -0.1) is 10.2 Å². The van der Waals surface area contributed by atoms with Gasteiger partial charge in [0.05, 0.1) is 52.5 Å². The quantitative estimate of drug-likeness (QED) is 0.125. The fourth-order valence-electron chi connectivity index (χ4n) is 6.26. The molecule has 276 valence electrons. The first-order valence-electron chi connectivity index (χ1n) is 16.8. The van der Waals surface area contributed by atoms with Gasteiger partial charge in [-0.2, -0.15) is 4.80 Å². The van der Waals surface area contributed by atoms with Crippen molar-refractivity contribution in [3.63, 3.8) is 0 Å². The number of amides is 2. The van der Waals surface area contributed by atoms with Crippen molar-refractivity contribution < 1.29 is 43.2 Å². The van der Waals surface area contributed by atoms with E-state index in [0.29, 0.717) is 24.6 Å². The molecule has 6 atom stereocenters. The fourth-order valence-corrected chi connectivity index (χ4v) is 6.26. The molecule has 0 aliphatic carbocycles. The number of ether oxygens (including phenoxy) is 5. The summed E-state index contributed by atoms with van der Waals surface area (Å²) in [6.07, 6.45) is -1.93. The molecule has 2 amide bonds. The molecule has 3 N–H and O–H groups in total. The Labute approximate surface area is 296 Å². The molecule has 3 heterocycles. The van der Waals surface area contributed by atoms with Gasteiger partial charge in [-0.1, -0.05) is 57.2 Å². The summed E-state index contributed by atoms with van der Waals surface area (Å²) < 4.78 is 27.2. The summed E-state index contributed by atoms with van der Waals surface area (Å²) in [6, 6.07) is 13.7. The van der Waals surface area contributed by atoms with Crippen LogP contribution in [-0.2, 0) is 48.5 Å². The molecule has 2 saturated heterocycles. The van der Waals surface area contributed by atoms with Crippen molar-refractivity contribution in [2.45, 2.75) is 64.7 Å². The molecule has 0 spiro atoms. The third-order valence-corrected chi connectivity index (χ3v) is 8.97. The number of aliphatic hydroxyl groups excluding tert-OH is 1. The Bertz CT molecular complexity index is 1630. The summed E-state index contributed by atoms with van der Waals surface area (Å²) in [7, 11) is 4.47. The van der Waals surface area contributed by atoms with Crippen LogP contribution in [0, 0.1) is 17.3 Å². The average Bonchev–Trinajstić information content (AvgIpc) is 3.83. The van der Waals surface area contributed by atoms with E-state index >= 15 is 0 Å². The van der Waals surface area contributed by atoms with Crippen LogP contribution in [0.3, 0.4) is 0 Å². The van der Waals surface area contributed by atoms with Crippen LogP contribution in [0.2, 0.25) is 0 Å². The zero-order valence-corrected chi connectivity index (χ0v) is 29.8. The highest BCUT2D eigenvalue weighted by Crippen LogP contribution is 2.33. The number of methoxy groups -OCH3 is 2. The Morgan fingerprint density at radius 2 is 1.76 bits per heavy atom. The monoisotopic (exact) mass is 709 g/mol. The second-order valence-electron chi connectivity index (χ2n) is 13.8. The van der Waals surface area contributed by atoms with E-state index in [2.05, 4.69) is 26.2 Å². The molecule has 1 aromatic heterocycles. The molecule has 0 bridgehead atoms.